The molecule has 0 fully saturated rings. The maximum atomic E-state index is 11.5. The van der Waals surface area contributed by atoms with Gasteiger partial charge in [-0.1, -0.05) is 30.3 Å². The van der Waals surface area contributed by atoms with E-state index in [-0.39, 0.29) is 0 Å². The first kappa shape index (κ1) is 12.7. The summed E-state index contributed by atoms with van der Waals surface area (Å²) < 4.78 is 0. The molecule has 0 saturated heterocycles. The molecule has 5 nitrogen and oxygen atoms in total. The van der Waals surface area contributed by atoms with Crippen molar-refractivity contribution in [3.05, 3.63) is 35.9 Å². The van der Waals surface area contributed by atoms with Gasteiger partial charge >= 0.3 is 0 Å². The van der Waals surface area contributed by atoms with Crippen molar-refractivity contribution in [2.24, 2.45) is 0 Å². The van der Waals surface area contributed by atoms with Crippen molar-refractivity contribution in [1.29, 1.82) is 5.26 Å². The molecular weight excluding hydrogens is 218 g/mol. The summed E-state index contributed by atoms with van der Waals surface area (Å²) in [5, 5.41) is 13.5. The van der Waals surface area contributed by atoms with Crippen molar-refractivity contribution in [2.45, 2.75) is 19.5 Å². The number of carbonyl (C=O) groups excluding carboxylic acids is 2. The van der Waals surface area contributed by atoms with Crippen LogP contribution in [-0.2, 0) is 16.1 Å². The third-order valence-corrected chi connectivity index (χ3v) is 2.05. The topological polar surface area (TPSA) is 82.0 Å². The Bertz CT molecular complexity index is 437. The highest BCUT2D eigenvalue weighted by atomic mass is 16.2. The molecule has 0 bridgehead atoms. The third kappa shape index (κ3) is 4.34. The highest BCUT2D eigenvalue weighted by molar-refractivity contribution is 5.89. The molecule has 0 heterocycles. The van der Waals surface area contributed by atoms with E-state index in [1.807, 2.05) is 30.3 Å². The average molecular weight is 231 g/mol. The summed E-state index contributed by atoms with van der Waals surface area (Å²) in [7, 11) is 0. The normalized spacial score (nSPS) is 11.1. The average Bonchev–Trinajstić information content (AvgIpc) is 2.34. The van der Waals surface area contributed by atoms with E-state index < -0.39 is 17.9 Å². The maximum absolute atomic E-state index is 11.5. The molecule has 1 aromatic rings. The maximum Gasteiger partial charge on any atom is 0.257 e. The Labute approximate surface area is 99.4 Å². The van der Waals surface area contributed by atoms with Gasteiger partial charge in [0, 0.05) is 13.5 Å². The first-order chi connectivity index (χ1) is 8.13. The molecule has 1 atom stereocenters. The Morgan fingerprint density at radius 1 is 1.35 bits per heavy atom. The van der Waals surface area contributed by atoms with E-state index in [1.165, 1.54) is 6.92 Å². The summed E-state index contributed by atoms with van der Waals surface area (Å²) in [6.45, 7) is 1.59. The van der Waals surface area contributed by atoms with E-state index in [2.05, 4.69) is 10.6 Å². The van der Waals surface area contributed by atoms with Crippen molar-refractivity contribution in [3.8, 4) is 6.07 Å². The molecule has 1 rings (SSSR count). The van der Waals surface area contributed by atoms with Crippen LogP contribution in [0.5, 0.6) is 0 Å². The largest absolute Gasteiger partial charge is 0.349 e. The minimum atomic E-state index is -1.14. The van der Waals surface area contributed by atoms with Gasteiger partial charge in [-0.05, 0) is 5.56 Å². The van der Waals surface area contributed by atoms with Gasteiger partial charge in [0.25, 0.3) is 5.91 Å². The van der Waals surface area contributed by atoms with Crippen LogP contribution >= 0.6 is 0 Å². The van der Waals surface area contributed by atoms with Crippen LogP contribution in [-0.4, -0.2) is 17.9 Å². The number of rotatable bonds is 4. The second-order valence-corrected chi connectivity index (χ2v) is 3.47. The molecule has 0 spiro atoms. The molecule has 0 saturated carbocycles. The zero-order chi connectivity index (χ0) is 12.7. The van der Waals surface area contributed by atoms with Crippen LogP contribution in [0.3, 0.4) is 0 Å². The number of hydrogen-bond donors (Lipinski definition) is 2. The van der Waals surface area contributed by atoms with E-state index in [4.69, 9.17) is 5.26 Å². The summed E-state index contributed by atoms with van der Waals surface area (Å²) in [6.07, 6.45) is 0. The minimum Gasteiger partial charge on any atom is -0.349 e. The molecular formula is C12H13N3O2. The first-order valence-electron chi connectivity index (χ1n) is 5.12. The van der Waals surface area contributed by atoms with Gasteiger partial charge in [0.2, 0.25) is 5.91 Å². The molecule has 2 N–H and O–H groups in total. The molecule has 1 unspecified atom stereocenters. The first-order valence-corrected chi connectivity index (χ1v) is 5.12. The Morgan fingerprint density at radius 2 is 2.00 bits per heavy atom. The van der Waals surface area contributed by atoms with Crippen LogP contribution in [0.2, 0.25) is 0 Å². The standard InChI is InChI=1S/C12H13N3O2/c1-9(16)15-11(7-13)12(17)14-8-10-5-3-2-4-6-10/h2-6,11H,8H2,1H3,(H,14,17)(H,15,16). The Kier molecular flexibility index (Phi) is 4.70. The van der Waals surface area contributed by atoms with E-state index in [1.54, 1.807) is 6.07 Å². The number of nitrogens with zero attached hydrogens (tertiary/aromatic N) is 1. The number of nitrogens with one attached hydrogen (secondary N) is 2. The molecule has 2 amide bonds. The SMILES string of the molecule is CC(=O)NC(C#N)C(=O)NCc1ccccc1. The van der Waals surface area contributed by atoms with Crippen LogP contribution in [0.1, 0.15) is 12.5 Å². The zero-order valence-electron chi connectivity index (χ0n) is 9.43. The molecule has 17 heavy (non-hydrogen) atoms. The molecule has 88 valence electrons. The van der Waals surface area contributed by atoms with E-state index in [0.717, 1.165) is 5.56 Å². The van der Waals surface area contributed by atoms with E-state index in [0.29, 0.717) is 6.54 Å². The molecule has 0 aromatic heterocycles. The zero-order valence-corrected chi connectivity index (χ0v) is 9.43. The summed E-state index contributed by atoms with van der Waals surface area (Å²) in [5.74, 6) is -0.919. The van der Waals surface area contributed by atoms with Crippen molar-refractivity contribution < 1.29 is 9.59 Å². The molecule has 0 aliphatic heterocycles. The van der Waals surface area contributed by atoms with Crippen LogP contribution < -0.4 is 10.6 Å². The predicted octanol–water partition coefficient (Wildman–Crippen LogP) is 0.331. The minimum absolute atomic E-state index is 0.331. The molecule has 0 aliphatic carbocycles. The highest BCUT2D eigenvalue weighted by Gasteiger charge is 2.17. The second-order valence-electron chi connectivity index (χ2n) is 3.47. The second kappa shape index (κ2) is 6.28. The van der Waals surface area contributed by atoms with Crippen LogP contribution in [0.4, 0.5) is 0 Å². The van der Waals surface area contributed by atoms with Gasteiger partial charge in [0.1, 0.15) is 0 Å². The molecule has 1 aromatic carbocycles. The van der Waals surface area contributed by atoms with Crippen molar-refractivity contribution in [1.82, 2.24) is 10.6 Å². The fraction of sp³-hybridized carbons (Fsp3) is 0.250. The Balaban J connectivity index is 2.49. The number of amides is 2. The van der Waals surface area contributed by atoms with Crippen molar-refractivity contribution in [2.75, 3.05) is 0 Å². The lowest BCUT2D eigenvalue weighted by Gasteiger charge is -2.10. The van der Waals surface area contributed by atoms with Gasteiger partial charge in [-0.15, -0.1) is 0 Å². The van der Waals surface area contributed by atoms with Crippen molar-refractivity contribution in [3.63, 3.8) is 0 Å². The fourth-order valence-electron chi connectivity index (χ4n) is 1.25. The summed E-state index contributed by atoms with van der Waals surface area (Å²) in [4.78, 5) is 22.3. The number of nitriles is 1. The van der Waals surface area contributed by atoms with E-state index in [9.17, 15) is 9.59 Å². The van der Waals surface area contributed by atoms with Crippen LogP contribution in [0, 0.1) is 11.3 Å². The number of carbonyl (C=O) groups is 2. The number of hydrogen-bond acceptors (Lipinski definition) is 3. The number of benzene rings is 1. The van der Waals surface area contributed by atoms with Crippen molar-refractivity contribution >= 4 is 11.8 Å². The summed E-state index contributed by atoms with van der Waals surface area (Å²) >= 11 is 0. The Hall–Kier alpha value is -2.35. The molecule has 0 aliphatic rings. The van der Waals surface area contributed by atoms with Gasteiger partial charge in [0.05, 0.1) is 6.07 Å². The van der Waals surface area contributed by atoms with Crippen LogP contribution in [0.15, 0.2) is 30.3 Å². The smallest absolute Gasteiger partial charge is 0.257 e. The van der Waals surface area contributed by atoms with Gasteiger partial charge in [-0.25, -0.2) is 0 Å². The van der Waals surface area contributed by atoms with Gasteiger partial charge in [-0.2, -0.15) is 5.26 Å². The van der Waals surface area contributed by atoms with Gasteiger partial charge < -0.3 is 10.6 Å². The predicted molar refractivity (Wildman–Crippen MR) is 61.5 cm³/mol. The lowest BCUT2D eigenvalue weighted by molar-refractivity contribution is -0.126. The van der Waals surface area contributed by atoms with Gasteiger partial charge in [0.15, 0.2) is 6.04 Å². The van der Waals surface area contributed by atoms with E-state index >= 15 is 0 Å². The van der Waals surface area contributed by atoms with Crippen LogP contribution in [0.25, 0.3) is 0 Å². The monoisotopic (exact) mass is 231 g/mol. The highest BCUT2D eigenvalue weighted by Crippen LogP contribution is 1.97. The lowest BCUT2D eigenvalue weighted by Crippen LogP contribution is -2.44. The van der Waals surface area contributed by atoms with Gasteiger partial charge in [-0.3, -0.25) is 9.59 Å². The summed E-state index contributed by atoms with van der Waals surface area (Å²) in [6, 6.07) is 9.90. The fourth-order valence-corrected chi connectivity index (χ4v) is 1.25. The quantitative estimate of drug-likeness (QED) is 0.783. The third-order valence-electron chi connectivity index (χ3n) is 2.05. The summed E-state index contributed by atoms with van der Waals surface area (Å²) in [5.41, 5.74) is 0.931. The lowest BCUT2D eigenvalue weighted by atomic mass is 10.2. The molecule has 5 heteroatoms. The molecule has 0 radical (unpaired) electrons. The Morgan fingerprint density at radius 3 is 2.53 bits per heavy atom.